The maximum absolute atomic E-state index is 11.9. The van der Waals surface area contributed by atoms with Crippen LogP contribution in [-0.4, -0.2) is 32.4 Å². The monoisotopic (exact) mass is 286 g/mol. The van der Waals surface area contributed by atoms with Crippen molar-refractivity contribution in [3.63, 3.8) is 0 Å². The van der Waals surface area contributed by atoms with E-state index in [1.807, 2.05) is 19.1 Å². The van der Waals surface area contributed by atoms with Crippen LogP contribution in [0.3, 0.4) is 0 Å². The van der Waals surface area contributed by atoms with E-state index in [0.717, 1.165) is 17.2 Å². The van der Waals surface area contributed by atoms with E-state index in [1.54, 1.807) is 12.1 Å². The Morgan fingerprint density at radius 2 is 2.24 bits per heavy atom. The minimum atomic E-state index is -1.01. The highest BCUT2D eigenvalue weighted by Crippen LogP contribution is 2.15. The molecule has 1 amide bonds. The third kappa shape index (κ3) is 4.00. The number of carbonyl (C=O) groups excluding carboxylic acids is 1. The molecule has 0 aliphatic rings. The Bertz CT molecular complexity index is 665. The average molecular weight is 286 g/mol. The third-order valence-corrected chi connectivity index (χ3v) is 2.82. The van der Waals surface area contributed by atoms with Crippen LogP contribution in [0.2, 0.25) is 0 Å². The zero-order valence-corrected chi connectivity index (χ0v) is 11.3. The molecule has 1 heterocycles. The Hall–Kier alpha value is -2.96. The minimum absolute atomic E-state index is 0.212. The molecule has 1 aromatic heterocycles. The molecule has 108 valence electrons. The lowest BCUT2D eigenvalue weighted by atomic mass is 10.0. The normalized spacial score (nSPS) is 12.2. The molecular weight excluding hydrogens is 272 g/mol. The van der Waals surface area contributed by atoms with Crippen LogP contribution < -0.4 is 5.32 Å². The van der Waals surface area contributed by atoms with Gasteiger partial charge in [0.2, 0.25) is 0 Å². The van der Waals surface area contributed by atoms with Gasteiger partial charge in [0.25, 0.3) is 5.91 Å². The lowest BCUT2D eigenvalue weighted by molar-refractivity contribution is -0.131. The van der Waals surface area contributed by atoms with Gasteiger partial charge in [-0.25, -0.2) is 4.79 Å². The first-order valence-electron chi connectivity index (χ1n) is 6.24. The van der Waals surface area contributed by atoms with E-state index in [0.29, 0.717) is 0 Å². The van der Waals surface area contributed by atoms with Crippen molar-refractivity contribution in [1.82, 2.24) is 20.7 Å². The summed E-state index contributed by atoms with van der Waals surface area (Å²) in [6, 6.07) is 7.01. The zero-order valence-electron chi connectivity index (χ0n) is 11.3. The van der Waals surface area contributed by atoms with Gasteiger partial charge in [-0.2, -0.15) is 15.4 Å². The quantitative estimate of drug-likeness (QED) is 0.720. The Morgan fingerprint density at radius 3 is 2.90 bits per heavy atom. The van der Waals surface area contributed by atoms with Gasteiger partial charge in [-0.1, -0.05) is 18.2 Å². The number of aliphatic carboxylic acids is 1. The highest BCUT2D eigenvalue weighted by atomic mass is 16.4. The molecule has 0 saturated carbocycles. The summed E-state index contributed by atoms with van der Waals surface area (Å²) in [5.74, 6) is -1.34. The van der Waals surface area contributed by atoms with Gasteiger partial charge in [0.15, 0.2) is 5.69 Å². The number of nitrogens with one attached hydrogen (secondary N) is 2. The molecule has 0 fully saturated rings. The number of aromatic nitrogens is 3. The van der Waals surface area contributed by atoms with Crippen molar-refractivity contribution in [3.05, 3.63) is 53.4 Å². The van der Waals surface area contributed by atoms with Gasteiger partial charge >= 0.3 is 5.97 Å². The lowest BCUT2D eigenvalue weighted by Gasteiger charge is -2.13. The predicted octanol–water partition coefficient (Wildman–Crippen LogP) is 1.39. The average Bonchev–Trinajstić information content (AvgIpc) is 2.99. The standard InChI is InChI=1S/C14H14N4O3/c1-9(16-14(21)12-8-15-18-17-12)11-4-2-3-10(7-11)5-6-13(19)20/h2-9H,1H3,(H,16,21)(H,19,20)(H,15,17,18)/b6-5+. The van der Waals surface area contributed by atoms with Crippen molar-refractivity contribution in [2.24, 2.45) is 0 Å². The topological polar surface area (TPSA) is 108 Å². The molecule has 1 atom stereocenters. The number of carboxylic acids is 1. The van der Waals surface area contributed by atoms with E-state index in [1.165, 1.54) is 12.3 Å². The molecule has 0 aliphatic heterocycles. The smallest absolute Gasteiger partial charge is 0.328 e. The van der Waals surface area contributed by atoms with Gasteiger partial charge in [0, 0.05) is 6.08 Å². The Kier molecular flexibility index (Phi) is 4.45. The number of nitrogens with zero attached hydrogens (tertiary/aromatic N) is 2. The third-order valence-electron chi connectivity index (χ3n) is 2.82. The Labute approximate surface area is 120 Å². The molecule has 0 aliphatic carbocycles. The lowest BCUT2D eigenvalue weighted by Crippen LogP contribution is -2.27. The van der Waals surface area contributed by atoms with Crippen molar-refractivity contribution < 1.29 is 14.7 Å². The molecule has 0 spiro atoms. The first-order valence-corrected chi connectivity index (χ1v) is 6.24. The van der Waals surface area contributed by atoms with Crippen LogP contribution in [0.15, 0.2) is 36.5 Å². The summed E-state index contributed by atoms with van der Waals surface area (Å²) in [5, 5.41) is 21.1. The molecule has 7 heteroatoms. The molecule has 1 aromatic carbocycles. The highest BCUT2D eigenvalue weighted by Gasteiger charge is 2.13. The highest BCUT2D eigenvalue weighted by molar-refractivity contribution is 5.92. The number of benzene rings is 1. The van der Waals surface area contributed by atoms with Gasteiger partial charge in [0.05, 0.1) is 12.2 Å². The summed E-state index contributed by atoms with van der Waals surface area (Å²) in [5.41, 5.74) is 1.82. The maximum atomic E-state index is 11.9. The zero-order chi connectivity index (χ0) is 15.2. The fourth-order valence-corrected chi connectivity index (χ4v) is 1.76. The van der Waals surface area contributed by atoms with E-state index in [-0.39, 0.29) is 17.6 Å². The number of rotatable bonds is 5. The van der Waals surface area contributed by atoms with Crippen molar-refractivity contribution in [1.29, 1.82) is 0 Å². The van der Waals surface area contributed by atoms with Gasteiger partial charge in [-0.15, -0.1) is 0 Å². The molecule has 0 saturated heterocycles. The Morgan fingerprint density at radius 1 is 1.43 bits per heavy atom. The summed E-state index contributed by atoms with van der Waals surface area (Å²) in [7, 11) is 0. The summed E-state index contributed by atoms with van der Waals surface area (Å²) >= 11 is 0. The minimum Gasteiger partial charge on any atom is -0.478 e. The first kappa shape index (κ1) is 14.4. The second-order valence-corrected chi connectivity index (χ2v) is 4.39. The van der Waals surface area contributed by atoms with Crippen LogP contribution in [0.25, 0.3) is 6.08 Å². The number of hydrogen-bond donors (Lipinski definition) is 3. The van der Waals surface area contributed by atoms with E-state index in [2.05, 4.69) is 20.7 Å². The van der Waals surface area contributed by atoms with Crippen LogP contribution in [0, 0.1) is 0 Å². The van der Waals surface area contributed by atoms with E-state index >= 15 is 0 Å². The van der Waals surface area contributed by atoms with E-state index < -0.39 is 5.97 Å². The van der Waals surface area contributed by atoms with Crippen LogP contribution in [0.4, 0.5) is 0 Å². The largest absolute Gasteiger partial charge is 0.478 e. The number of carboxylic acid groups (broad SMARTS) is 1. The summed E-state index contributed by atoms with van der Waals surface area (Å²) in [4.78, 5) is 22.4. The Balaban J connectivity index is 2.08. The molecule has 7 nitrogen and oxygen atoms in total. The number of H-pyrrole nitrogens is 1. The maximum Gasteiger partial charge on any atom is 0.328 e. The van der Waals surface area contributed by atoms with Crippen LogP contribution in [-0.2, 0) is 4.79 Å². The summed E-state index contributed by atoms with van der Waals surface area (Å²) in [6.07, 6.45) is 3.91. The van der Waals surface area contributed by atoms with Gasteiger partial charge in [-0.3, -0.25) is 4.79 Å². The second kappa shape index (κ2) is 6.47. The number of amides is 1. The summed E-state index contributed by atoms with van der Waals surface area (Å²) in [6.45, 7) is 1.83. The molecule has 2 aromatic rings. The van der Waals surface area contributed by atoms with Gasteiger partial charge in [-0.05, 0) is 30.2 Å². The van der Waals surface area contributed by atoms with E-state index in [4.69, 9.17) is 5.11 Å². The second-order valence-electron chi connectivity index (χ2n) is 4.39. The fraction of sp³-hybridized carbons (Fsp3) is 0.143. The molecule has 21 heavy (non-hydrogen) atoms. The van der Waals surface area contributed by atoms with E-state index in [9.17, 15) is 9.59 Å². The van der Waals surface area contributed by atoms with Gasteiger partial charge in [0.1, 0.15) is 0 Å². The predicted molar refractivity (Wildman–Crippen MR) is 75.4 cm³/mol. The molecule has 0 bridgehead atoms. The SMILES string of the molecule is CC(NC(=O)c1cn[nH]n1)c1cccc(/C=C/C(=O)O)c1. The van der Waals surface area contributed by atoms with Gasteiger partial charge < -0.3 is 10.4 Å². The number of hydrogen-bond acceptors (Lipinski definition) is 4. The number of carbonyl (C=O) groups is 2. The number of aromatic amines is 1. The molecule has 3 N–H and O–H groups in total. The van der Waals surface area contributed by atoms with Crippen LogP contribution in [0.5, 0.6) is 0 Å². The van der Waals surface area contributed by atoms with Crippen LogP contribution >= 0.6 is 0 Å². The summed E-state index contributed by atoms with van der Waals surface area (Å²) < 4.78 is 0. The molecule has 0 radical (unpaired) electrons. The van der Waals surface area contributed by atoms with Crippen molar-refractivity contribution in [2.45, 2.75) is 13.0 Å². The molecule has 2 rings (SSSR count). The van der Waals surface area contributed by atoms with Crippen molar-refractivity contribution in [2.75, 3.05) is 0 Å². The van der Waals surface area contributed by atoms with Crippen LogP contribution in [0.1, 0.15) is 34.6 Å². The molecular formula is C14H14N4O3. The van der Waals surface area contributed by atoms with Crippen molar-refractivity contribution in [3.8, 4) is 0 Å². The molecule has 1 unspecified atom stereocenters. The van der Waals surface area contributed by atoms with Crippen molar-refractivity contribution >= 4 is 18.0 Å². The first-order chi connectivity index (χ1) is 10.1. The fourth-order valence-electron chi connectivity index (χ4n) is 1.76.